The van der Waals surface area contributed by atoms with Crippen LogP contribution in [-0.4, -0.2) is 60.5 Å². The quantitative estimate of drug-likeness (QED) is 0.633. The van der Waals surface area contributed by atoms with Crippen molar-refractivity contribution in [3.05, 3.63) is 0 Å². The Hall–Kier alpha value is -0.160. The van der Waals surface area contributed by atoms with Crippen molar-refractivity contribution in [2.75, 3.05) is 32.9 Å². The van der Waals surface area contributed by atoms with Crippen LogP contribution in [0.15, 0.2) is 0 Å². The van der Waals surface area contributed by atoms with Gasteiger partial charge in [-0.25, -0.2) is 0 Å². The molecule has 2 N–H and O–H groups in total. The summed E-state index contributed by atoms with van der Waals surface area (Å²) in [6, 6.07) is 1.26. The van der Waals surface area contributed by atoms with Crippen LogP contribution >= 0.6 is 0 Å². The smallest absolute Gasteiger partial charge is 0.0613 e. The number of nitrogens with one attached hydrogen (secondary N) is 1. The van der Waals surface area contributed by atoms with Crippen LogP contribution in [0.2, 0.25) is 0 Å². The molecule has 2 fully saturated rings. The molecule has 2 aliphatic carbocycles. The van der Waals surface area contributed by atoms with E-state index in [-0.39, 0.29) is 12.1 Å². The lowest BCUT2D eigenvalue weighted by molar-refractivity contribution is 0.0417. The molecule has 0 aromatic carbocycles. The second-order valence-electron chi connectivity index (χ2n) is 6.43. The molecular formula is C16H32N2O2. The van der Waals surface area contributed by atoms with Gasteiger partial charge in [-0.15, -0.1) is 0 Å². The molecule has 2 saturated carbocycles. The molecule has 0 saturated heterocycles. The van der Waals surface area contributed by atoms with Crippen molar-refractivity contribution in [2.24, 2.45) is 0 Å². The van der Waals surface area contributed by atoms with E-state index in [4.69, 9.17) is 4.74 Å². The molecule has 4 heteroatoms. The molecule has 0 heterocycles. The third-order valence-corrected chi connectivity index (χ3v) is 4.86. The van der Waals surface area contributed by atoms with Crippen LogP contribution in [0.3, 0.4) is 0 Å². The van der Waals surface area contributed by atoms with E-state index in [1.807, 2.05) is 6.92 Å². The van der Waals surface area contributed by atoms with Crippen molar-refractivity contribution in [3.63, 3.8) is 0 Å². The molecule has 0 aliphatic heterocycles. The Morgan fingerprint density at radius 2 is 2.10 bits per heavy atom. The molecule has 2 rings (SSSR count). The number of likely N-dealkylation sites (N-methyl/N-ethyl adjacent to an activating group) is 1. The Balaban J connectivity index is 1.88. The first-order valence-corrected chi connectivity index (χ1v) is 8.43. The lowest BCUT2D eigenvalue weighted by atomic mass is 9.78. The highest BCUT2D eigenvalue weighted by Gasteiger charge is 2.40. The van der Waals surface area contributed by atoms with E-state index < -0.39 is 0 Å². The number of aliphatic hydroxyl groups excluding tert-OH is 1. The normalized spacial score (nSPS) is 30.9. The number of aliphatic hydroxyl groups is 1. The first-order valence-electron chi connectivity index (χ1n) is 8.43. The van der Waals surface area contributed by atoms with Gasteiger partial charge in [0.2, 0.25) is 0 Å². The number of ether oxygens (including phenoxy) is 1. The molecule has 20 heavy (non-hydrogen) atoms. The van der Waals surface area contributed by atoms with Gasteiger partial charge in [0, 0.05) is 30.8 Å². The maximum absolute atomic E-state index is 9.90. The van der Waals surface area contributed by atoms with Crippen LogP contribution in [0.5, 0.6) is 0 Å². The van der Waals surface area contributed by atoms with E-state index in [9.17, 15) is 5.11 Å². The molecule has 0 aromatic rings. The van der Waals surface area contributed by atoms with Crippen molar-refractivity contribution in [1.29, 1.82) is 0 Å². The molecule has 2 unspecified atom stereocenters. The highest BCUT2D eigenvalue weighted by molar-refractivity contribution is 5.00. The summed E-state index contributed by atoms with van der Waals surface area (Å²) in [4.78, 5) is 2.54. The average molecular weight is 284 g/mol. The predicted molar refractivity (Wildman–Crippen MR) is 82.0 cm³/mol. The van der Waals surface area contributed by atoms with Gasteiger partial charge in [-0.2, -0.15) is 0 Å². The molecule has 0 spiro atoms. The zero-order valence-corrected chi connectivity index (χ0v) is 13.2. The molecule has 0 aromatic heterocycles. The van der Waals surface area contributed by atoms with Gasteiger partial charge in [0.1, 0.15) is 0 Å². The van der Waals surface area contributed by atoms with Crippen LogP contribution in [0.25, 0.3) is 0 Å². The van der Waals surface area contributed by atoms with Gasteiger partial charge in [-0.1, -0.05) is 6.92 Å². The zero-order valence-electron chi connectivity index (χ0n) is 13.2. The van der Waals surface area contributed by atoms with Crippen LogP contribution < -0.4 is 5.32 Å². The van der Waals surface area contributed by atoms with Gasteiger partial charge < -0.3 is 15.2 Å². The highest BCUT2D eigenvalue weighted by Crippen LogP contribution is 2.34. The summed E-state index contributed by atoms with van der Waals surface area (Å²) in [5.74, 6) is 0. The minimum absolute atomic E-state index is 0.0247. The number of hydrogen-bond acceptors (Lipinski definition) is 4. The molecule has 0 bridgehead atoms. The van der Waals surface area contributed by atoms with Crippen molar-refractivity contribution in [2.45, 2.75) is 70.0 Å². The van der Waals surface area contributed by atoms with Crippen molar-refractivity contribution >= 4 is 0 Å². The van der Waals surface area contributed by atoms with Crippen molar-refractivity contribution in [3.8, 4) is 0 Å². The third-order valence-electron chi connectivity index (χ3n) is 4.86. The first-order chi connectivity index (χ1) is 9.73. The zero-order chi connectivity index (χ0) is 14.4. The minimum Gasteiger partial charge on any atom is -0.394 e. The number of nitrogens with zero attached hydrogens (tertiary/aromatic N) is 1. The van der Waals surface area contributed by atoms with Gasteiger partial charge >= 0.3 is 0 Å². The molecule has 118 valence electrons. The van der Waals surface area contributed by atoms with Crippen LogP contribution in [-0.2, 0) is 4.74 Å². The van der Waals surface area contributed by atoms with Crippen molar-refractivity contribution in [1.82, 2.24) is 10.2 Å². The maximum atomic E-state index is 9.90. The van der Waals surface area contributed by atoms with Crippen molar-refractivity contribution < 1.29 is 9.84 Å². The summed E-state index contributed by atoms with van der Waals surface area (Å²) in [5.41, 5.74) is -0.0247. The average Bonchev–Trinajstić information content (AvgIpc) is 3.28. The lowest BCUT2D eigenvalue weighted by Gasteiger charge is -2.44. The van der Waals surface area contributed by atoms with Crippen LogP contribution in [0.1, 0.15) is 52.4 Å². The molecule has 4 nitrogen and oxygen atoms in total. The molecule has 0 amide bonds. The number of hydrogen-bond donors (Lipinski definition) is 2. The highest BCUT2D eigenvalue weighted by atomic mass is 16.5. The SMILES string of the molecule is CCOCCN(CC)C1CCCC(CO)(NC2CC2)C1. The fourth-order valence-electron chi connectivity index (χ4n) is 3.55. The summed E-state index contributed by atoms with van der Waals surface area (Å²) in [6.07, 6.45) is 7.26. The third kappa shape index (κ3) is 4.42. The minimum atomic E-state index is -0.0247. The second-order valence-corrected chi connectivity index (χ2v) is 6.43. The van der Waals surface area contributed by atoms with E-state index in [1.54, 1.807) is 0 Å². The van der Waals surface area contributed by atoms with E-state index >= 15 is 0 Å². The van der Waals surface area contributed by atoms with E-state index in [2.05, 4.69) is 17.1 Å². The summed E-state index contributed by atoms with van der Waals surface area (Å²) in [6.45, 7) is 8.27. The Morgan fingerprint density at radius 3 is 2.70 bits per heavy atom. The van der Waals surface area contributed by atoms with Crippen LogP contribution in [0.4, 0.5) is 0 Å². The summed E-state index contributed by atoms with van der Waals surface area (Å²) in [7, 11) is 0. The van der Waals surface area contributed by atoms with Crippen LogP contribution in [0, 0.1) is 0 Å². The van der Waals surface area contributed by atoms with Gasteiger partial charge in [0.05, 0.1) is 13.2 Å². The predicted octanol–water partition coefficient (Wildman–Crippen LogP) is 1.77. The first kappa shape index (κ1) is 16.2. The largest absolute Gasteiger partial charge is 0.394 e. The standard InChI is InChI=1S/C16H32N2O2/c1-3-18(10-11-20-4-2)15-6-5-9-16(12-15,13-19)17-14-7-8-14/h14-15,17,19H,3-13H2,1-2H3. The Bertz CT molecular complexity index is 284. The van der Waals surface area contributed by atoms with Gasteiger partial charge in [0.25, 0.3) is 0 Å². The summed E-state index contributed by atoms with van der Waals surface area (Å²) >= 11 is 0. The Labute approximate surface area is 123 Å². The van der Waals surface area contributed by atoms with E-state index in [0.717, 1.165) is 39.1 Å². The van der Waals surface area contributed by atoms with E-state index in [1.165, 1.54) is 25.7 Å². The molecule has 0 radical (unpaired) electrons. The topological polar surface area (TPSA) is 44.7 Å². The summed E-state index contributed by atoms with van der Waals surface area (Å²) in [5, 5.41) is 13.6. The maximum Gasteiger partial charge on any atom is 0.0613 e. The lowest BCUT2D eigenvalue weighted by Crippen LogP contribution is -2.56. The van der Waals surface area contributed by atoms with E-state index in [0.29, 0.717) is 12.1 Å². The Morgan fingerprint density at radius 1 is 1.30 bits per heavy atom. The second kappa shape index (κ2) is 7.74. The fourth-order valence-corrected chi connectivity index (χ4v) is 3.55. The fraction of sp³-hybridized carbons (Fsp3) is 1.00. The molecular weight excluding hydrogens is 252 g/mol. The molecule has 2 aliphatic rings. The van der Waals surface area contributed by atoms with Gasteiger partial charge in [-0.3, -0.25) is 4.90 Å². The van der Waals surface area contributed by atoms with Gasteiger partial charge in [0.15, 0.2) is 0 Å². The number of rotatable bonds is 9. The summed E-state index contributed by atoms with van der Waals surface area (Å²) < 4.78 is 5.50. The molecule has 2 atom stereocenters. The van der Waals surface area contributed by atoms with Gasteiger partial charge in [-0.05, 0) is 52.0 Å². The monoisotopic (exact) mass is 284 g/mol. The Kier molecular flexibility index (Phi) is 6.27.